The van der Waals surface area contributed by atoms with E-state index >= 15 is 0 Å². The first-order valence-corrected chi connectivity index (χ1v) is 5.70. The lowest BCUT2D eigenvalue weighted by atomic mass is 9.82. The molecule has 1 aliphatic heterocycles. The smallest absolute Gasteiger partial charge is 0.132 e. The summed E-state index contributed by atoms with van der Waals surface area (Å²) in [6.45, 7) is 11.4. The molecule has 0 amide bonds. The van der Waals surface area contributed by atoms with Crippen molar-refractivity contribution in [2.45, 2.75) is 52.1 Å². The Morgan fingerprint density at radius 3 is 2.67 bits per heavy atom. The van der Waals surface area contributed by atoms with E-state index in [4.69, 9.17) is 0 Å². The molecule has 2 nitrogen and oxygen atoms in total. The highest BCUT2D eigenvalue weighted by Gasteiger charge is 2.43. The highest BCUT2D eigenvalue weighted by molar-refractivity contribution is 5.59. The minimum absolute atomic E-state index is 0.202. The van der Waals surface area contributed by atoms with Crippen molar-refractivity contribution >= 4 is 5.82 Å². The van der Waals surface area contributed by atoms with Crippen LogP contribution in [0.2, 0.25) is 0 Å². The van der Waals surface area contributed by atoms with Gasteiger partial charge < -0.3 is 4.90 Å². The first-order chi connectivity index (χ1) is 6.96. The van der Waals surface area contributed by atoms with Crippen molar-refractivity contribution in [3.8, 4) is 0 Å². The summed E-state index contributed by atoms with van der Waals surface area (Å²) in [6, 6.07) is 5.27. The summed E-state index contributed by atoms with van der Waals surface area (Å²) in [6.07, 6.45) is 1.89. The maximum absolute atomic E-state index is 4.53. The van der Waals surface area contributed by atoms with Crippen molar-refractivity contribution in [2.75, 3.05) is 4.90 Å². The third-order valence-electron chi connectivity index (χ3n) is 3.74. The van der Waals surface area contributed by atoms with Crippen LogP contribution < -0.4 is 4.90 Å². The number of hydrogen-bond donors (Lipinski definition) is 0. The molecule has 1 aliphatic rings. The SMILES string of the molecule is CC(C)N1c2ncccc2C(C)(C)[C@@H]1C. The van der Waals surface area contributed by atoms with Crippen molar-refractivity contribution in [3.05, 3.63) is 23.9 Å². The highest BCUT2D eigenvalue weighted by atomic mass is 15.3. The van der Waals surface area contributed by atoms with Gasteiger partial charge in [0.1, 0.15) is 5.82 Å². The second kappa shape index (κ2) is 3.22. The predicted octanol–water partition coefficient (Wildman–Crippen LogP) is 2.98. The van der Waals surface area contributed by atoms with E-state index < -0.39 is 0 Å². The summed E-state index contributed by atoms with van der Waals surface area (Å²) >= 11 is 0. The van der Waals surface area contributed by atoms with Crippen LogP contribution in [0.1, 0.15) is 40.2 Å². The molecule has 0 spiro atoms. The van der Waals surface area contributed by atoms with Gasteiger partial charge in [-0.3, -0.25) is 0 Å². The maximum Gasteiger partial charge on any atom is 0.132 e. The average molecular weight is 204 g/mol. The van der Waals surface area contributed by atoms with E-state index in [0.29, 0.717) is 12.1 Å². The Bertz CT molecular complexity index is 369. The third-order valence-corrected chi connectivity index (χ3v) is 3.74. The Morgan fingerprint density at radius 1 is 1.40 bits per heavy atom. The molecule has 1 aromatic heterocycles. The zero-order chi connectivity index (χ0) is 11.2. The molecule has 0 saturated heterocycles. The normalized spacial score (nSPS) is 23.3. The van der Waals surface area contributed by atoms with Crippen LogP contribution in [0.3, 0.4) is 0 Å². The topological polar surface area (TPSA) is 16.1 Å². The number of anilines is 1. The van der Waals surface area contributed by atoms with E-state index in [9.17, 15) is 0 Å². The van der Waals surface area contributed by atoms with Crippen LogP contribution in [0.25, 0.3) is 0 Å². The summed E-state index contributed by atoms with van der Waals surface area (Å²) in [5.74, 6) is 1.17. The molecule has 0 aromatic carbocycles. The summed E-state index contributed by atoms with van der Waals surface area (Å²) in [5.41, 5.74) is 1.58. The van der Waals surface area contributed by atoms with Crippen molar-refractivity contribution in [1.29, 1.82) is 0 Å². The molecule has 0 aliphatic carbocycles. The quantitative estimate of drug-likeness (QED) is 0.699. The Kier molecular flexibility index (Phi) is 2.25. The van der Waals surface area contributed by atoms with Gasteiger partial charge in [0.2, 0.25) is 0 Å². The van der Waals surface area contributed by atoms with Crippen LogP contribution in [-0.2, 0) is 5.41 Å². The van der Waals surface area contributed by atoms with Crippen molar-refractivity contribution < 1.29 is 0 Å². The monoisotopic (exact) mass is 204 g/mol. The molecule has 0 fully saturated rings. The fourth-order valence-electron chi connectivity index (χ4n) is 2.55. The standard InChI is InChI=1S/C13H20N2/c1-9(2)15-10(3)13(4,5)11-7-6-8-14-12(11)15/h6-10H,1-5H3/t10-/m0/s1. The molecule has 0 unspecified atom stereocenters. The zero-order valence-electron chi connectivity index (χ0n) is 10.3. The molecule has 0 bridgehead atoms. The van der Waals surface area contributed by atoms with Gasteiger partial charge in [-0.15, -0.1) is 0 Å². The number of aromatic nitrogens is 1. The van der Waals surface area contributed by atoms with E-state index in [1.165, 1.54) is 11.4 Å². The number of pyridine rings is 1. The summed E-state index contributed by atoms with van der Waals surface area (Å²) in [7, 11) is 0. The van der Waals surface area contributed by atoms with E-state index in [1.807, 2.05) is 12.3 Å². The van der Waals surface area contributed by atoms with Gasteiger partial charge in [0.05, 0.1) is 0 Å². The summed E-state index contributed by atoms with van der Waals surface area (Å²) in [4.78, 5) is 6.96. The van der Waals surface area contributed by atoms with Crippen LogP contribution >= 0.6 is 0 Å². The lowest BCUT2D eigenvalue weighted by Crippen LogP contribution is -2.42. The predicted molar refractivity (Wildman–Crippen MR) is 64.3 cm³/mol. The van der Waals surface area contributed by atoms with Gasteiger partial charge in [-0.05, 0) is 26.8 Å². The Morgan fingerprint density at radius 2 is 2.07 bits per heavy atom. The van der Waals surface area contributed by atoms with Crippen molar-refractivity contribution in [3.63, 3.8) is 0 Å². The Labute approximate surface area is 92.3 Å². The average Bonchev–Trinajstić information content (AvgIpc) is 2.36. The van der Waals surface area contributed by atoms with Gasteiger partial charge >= 0.3 is 0 Å². The van der Waals surface area contributed by atoms with E-state index in [-0.39, 0.29) is 5.41 Å². The van der Waals surface area contributed by atoms with Gasteiger partial charge in [0, 0.05) is 29.3 Å². The highest BCUT2D eigenvalue weighted by Crippen LogP contribution is 2.44. The molecule has 15 heavy (non-hydrogen) atoms. The summed E-state index contributed by atoms with van der Waals surface area (Å²) in [5, 5.41) is 0. The third kappa shape index (κ3) is 1.35. The lowest BCUT2D eigenvalue weighted by molar-refractivity contribution is 0.425. The fourth-order valence-corrected chi connectivity index (χ4v) is 2.55. The molecule has 2 heterocycles. The molecule has 1 aromatic rings. The maximum atomic E-state index is 4.53. The van der Waals surface area contributed by atoms with E-state index in [0.717, 1.165) is 0 Å². The molecular weight excluding hydrogens is 184 g/mol. The van der Waals surface area contributed by atoms with E-state index in [1.54, 1.807) is 0 Å². The largest absolute Gasteiger partial charge is 0.350 e. The molecule has 0 saturated carbocycles. The first-order valence-electron chi connectivity index (χ1n) is 5.70. The number of hydrogen-bond acceptors (Lipinski definition) is 2. The number of rotatable bonds is 1. The van der Waals surface area contributed by atoms with Crippen LogP contribution in [0, 0.1) is 0 Å². The molecule has 2 rings (SSSR count). The van der Waals surface area contributed by atoms with Gasteiger partial charge in [-0.2, -0.15) is 0 Å². The molecule has 82 valence electrons. The molecule has 0 radical (unpaired) electrons. The van der Waals surface area contributed by atoms with Gasteiger partial charge in [-0.1, -0.05) is 19.9 Å². The summed E-state index contributed by atoms with van der Waals surface area (Å²) < 4.78 is 0. The molecular formula is C13H20N2. The fraction of sp³-hybridized carbons (Fsp3) is 0.615. The van der Waals surface area contributed by atoms with Crippen LogP contribution in [0.4, 0.5) is 5.82 Å². The minimum Gasteiger partial charge on any atom is -0.350 e. The second-order valence-corrected chi connectivity index (χ2v) is 5.27. The number of fused-ring (bicyclic) bond motifs is 1. The van der Waals surface area contributed by atoms with Crippen LogP contribution in [0.5, 0.6) is 0 Å². The Balaban J connectivity index is 2.57. The van der Waals surface area contributed by atoms with E-state index in [2.05, 4.69) is 50.6 Å². The van der Waals surface area contributed by atoms with Gasteiger partial charge in [-0.25, -0.2) is 4.98 Å². The molecule has 2 heteroatoms. The number of nitrogens with zero attached hydrogens (tertiary/aromatic N) is 2. The first kappa shape index (κ1) is 10.5. The van der Waals surface area contributed by atoms with Gasteiger partial charge in [0.15, 0.2) is 0 Å². The van der Waals surface area contributed by atoms with Crippen molar-refractivity contribution in [2.24, 2.45) is 0 Å². The minimum atomic E-state index is 0.202. The van der Waals surface area contributed by atoms with Gasteiger partial charge in [0.25, 0.3) is 0 Å². The lowest BCUT2D eigenvalue weighted by Gasteiger charge is -2.33. The van der Waals surface area contributed by atoms with Crippen LogP contribution in [0.15, 0.2) is 18.3 Å². The Hall–Kier alpha value is -1.05. The molecule has 0 N–H and O–H groups in total. The molecule has 1 atom stereocenters. The van der Waals surface area contributed by atoms with Crippen molar-refractivity contribution in [1.82, 2.24) is 4.98 Å². The zero-order valence-corrected chi connectivity index (χ0v) is 10.3. The van der Waals surface area contributed by atoms with Crippen LogP contribution in [-0.4, -0.2) is 17.1 Å². The second-order valence-electron chi connectivity index (χ2n) is 5.27.